The van der Waals surface area contributed by atoms with Gasteiger partial charge >= 0.3 is 0 Å². The quantitative estimate of drug-likeness (QED) is 0.321. The number of ether oxygens (including phenoxy) is 2. The van der Waals surface area contributed by atoms with Crippen molar-refractivity contribution in [1.82, 2.24) is 14.9 Å². The molecule has 2 heterocycles. The first-order chi connectivity index (χ1) is 19.2. The molecule has 3 N–H and O–H groups in total. The summed E-state index contributed by atoms with van der Waals surface area (Å²) in [5, 5.41) is 15.6. The number of anilines is 2. The van der Waals surface area contributed by atoms with E-state index in [1.54, 1.807) is 13.0 Å². The van der Waals surface area contributed by atoms with E-state index in [2.05, 4.69) is 20.6 Å². The maximum atomic E-state index is 13.4. The van der Waals surface area contributed by atoms with E-state index < -0.39 is 12.0 Å². The smallest absolute Gasteiger partial charge is 0.262 e. The molecular formula is C30H37N5O5. The number of aromatic nitrogens is 2. The van der Waals surface area contributed by atoms with Crippen LogP contribution in [0.2, 0.25) is 0 Å². The Morgan fingerprint density at radius 3 is 2.50 bits per heavy atom. The van der Waals surface area contributed by atoms with Gasteiger partial charge in [0.15, 0.2) is 11.5 Å². The van der Waals surface area contributed by atoms with Gasteiger partial charge in [0.25, 0.3) is 5.91 Å². The summed E-state index contributed by atoms with van der Waals surface area (Å²) in [4.78, 5) is 36.4. The van der Waals surface area contributed by atoms with E-state index in [1.807, 2.05) is 49.1 Å². The second-order valence-electron chi connectivity index (χ2n) is 10.0. The molecule has 0 aliphatic carbocycles. The number of aryl methyl sites for hydroxylation is 3. The van der Waals surface area contributed by atoms with Crippen molar-refractivity contribution in [2.75, 3.05) is 37.4 Å². The van der Waals surface area contributed by atoms with Gasteiger partial charge in [-0.1, -0.05) is 24.3 Å². The largest absolute Gasteiger partial charge is 0.493 e. The molecule has 40 heavy (non-hydrogen) atoms. The van der Waals surface area contributed by atoms with Crippen LogP contribution in [-0.2, 0) is 11.2 Å². The first-order valence-electron chi connectivity index (χ1n) is 13.5. The van der Waals surface area contributed by atoms with Crippen LogP contribution in [0.5, 0.6) is 17.4 Å². The summed E-state index contributed by atoms with van der Waals surface area (Å²) >= 11 is 0. The minimum Gasteiger partial charge on any atom is -0.493 e. The van der Waals surface area contributed by atoms with Gasteiger partial charge in [0, 0.05) is 37.9 Å². The first kappa shape index (κ1) is 28.8. The number of benzene rings is 2. The fourth-order valence-corrected chi connectivity index (χ4v) is 4.55. The van der Waals surface area contributed by atoms with Crippen LogP contribution >= 0.6 is 0 Å². The second kappa shape index (κ2) is 13.3. The lowest BCUT2D eigenvalue weighted by molar-refractivity contribution is -0.130. The van der Waals surface area contributed by atoms with E-state index >= 15 is 0 Å². The van der Waals surface area contributed by atoms with Crippen molar-refractivity contribution >= 4 is 23.5 Å². The van der Waals surface area contributed by atoms with E-state index in [9.17, 15) is 14.7 Å². The zero-order valence-corrected chi connectivity index (χ0v) is 23.5. The van der Waals surface area contributed by atoms with Crippen LogP contribution in [-0.4, -0.2) is 64.6 Å². The first-order valence-corrected chi connectivity index (χ1v) is 13.5. The predicted molar refractivity (Wildman–Crippen MR) is 153 cm³/mol. The predicted octanol–water partition coefficient (Wildman–Crippen LogP) is 4.49. The van der Waals surface area contributed by atoms with Gasteiger partial charge in [0.2, 0.25) is 17.7 Å². The van der Waals surface area contributed by atoms with Gasteiger partial charge in [-0.05, 0) is 68.9 Å². The van der Waals surface area contributed by atoms with Gasteiger partial charge in [0.05, 0.1) is 13.2 Å². The molecule has 1 saturated heterocycles. The molecule has 10 nitrogen and oxygen atoms in total. The summed E-state index contributed by atoms with van der Waals surface area (Å²) in [5.74, 6) is 0.778. The number of rotatable bonds is 11. The number of carbonyl (C=O) groups excluding carboxylic acids is 2. The number of amides is 2. The number of carbonyl (C=O) groups is 2. The Balaban J connectivity index is 1.57. The molecule has 3 aromatic rings. The molecule has 4 rings (SSSR count). The standard InChI is InChI=1S/C30H37N5O5/c1-19-8-7-9-20(2)27(19)33-28(38)23-18-32-30(31-17-21(3)36)34-29(23)40-24-12-10-22(16-25(24)39-4)11-13-26(37)35-14-5-6-15-35/h7-10,12,16,18,21,36H,5-6,11,13-15,17H2,1-4H3,(H,33,38)(H,31,32,34). The summed E-state index contributed by atoms with van der Waals surface area (Å²) in [5.41, 5.74) is 3.62. The van der Waals surface area contributed by atoms with E-state index in [-0.39, 0.29) is 29.8 Å². The van der Waals surface area contributed by atoms with Gasteiger partial charge in [-0.3, -0.25) is 9.59 Å². The summed E-state index contributed by atoms with van der Waals surface area (Å²) in [6, 6.07) is 11.2. The lowest BCUT2D eigenvalue weighted by Crippen LogP contribution is -2.27. The molecule has 10 heteroatoms. The summed E-state index contributed by atoms with van der Waals surface area (Å²) in [6.45, 7) is 7.38. The fourth-order valence-electron chi connectivity index (χ4n) is 4.55. The highest BCUT2D eigenvalue weighted by molar-refractivity contribution is 6.06. The van der Waals surface area contributed by atoms with Gasteiger partial charge in [-0.25, -0.2) is 4.98 Å². The van der Waals surface area contributed by atoms with Gasteiger partial charge in [0.1, 0.15) is 5.56 Å². The average molecular weight is 548 g/mol. The molecule has 1 aliphatic rings. The number of nitrogens with zero attached hydrogens (tertiary/aromatic N) is 3. The molecule has 2 aromatic carbocycles. The molecule has 0 saturated carbocycles. The number of aliphatic hydroxyl groups excluding tert-OH is 1. The molecule has 1 unspecified atom stereocenters. The minimum atomic E-state index is -0.620. The molecule has 1 fully saturated rings. The monoisotopic (exact) mass is 547 g/mol. The highest BCUT2D eigenvalue weighted by Crippen LogP contribution is 2.34. The number of aliphatic hydroxyl groups is 1. The van der Waals surface area contributed by atoms with Crippen LogP contribution < -0.4 is 20.1 Å². The van der Waals surface area contributed by atoms with Crippen molar-refractivity contribution in [3.05, 3.63) is 64.8 Å². The number of likely N-dealkylation sites (tertiary alicyclic amines) is 1. The van der Waals surface area contributed by atoms with E-state index in [1.165, 1.54) is 13.3 Å². The Kier molecular flexibility index (Phi) is 9.55. The zero-order chi connectivity index (χ0) is 28.6. The van der Waals surface area contributed by atoms with Crippen molar-refractivity contribution in [1.29, 1.82) is 0 Å². The summed E-state index contributed by atoms with van der Waals surface area (Å²) in [6.07, 6.45) is 3.91. The van der Waals surface area contributed by atoms with E-state index in [0.29, 0.717) is 30.0 Å². The van der Waals surface area contributed by atoms with Gasteiger partial charge < -0.3 is 30.1 Å². The summed E-state index contributed by atoms with van der Waals surface area (Å²) < 4.78 is 11.7. The Bertz CT molecular complexity index is 1330. The lowest BCUT2D eigenvalue weighted by Gasteiger charge is -2.17. The molecule has 0 radical (unpaired) electrons. The summed E-state index contributed by atoms with van der Waals surface area (Å²) in [7, 11) is 1.53. The third kappa shape index (κ3) is 7.26. The van der Waals surface area contributed by atoms with Crippen LogP contribution in [0.3, 0.4) is 0 Å². The highest BCUT2D eigenvalue weighted by Gasteiger charge is 2.21. The molecule has 0 bridgehead atoms. The van der Waals surface area contributed by atoms with E-state index in [0.717, 1.165) is 42.6 Å². The van der Waals surface area contributed by atoms with Crippen molar-refractivity contribution < 1.29 is 24.2 Å². The molecule has 1 atom stereocenters. The number of hydrogen-bond acceptors (Lipinski definition) is 8. The fraction of sp³-hybridized carbons (Fsp3) is 0.400. The van der Waals surface area contributed by atoms with Gasteiger partial charge in [-0.2, -0.15) is 4.98 Å². The number of methoxy groups -OCH3 is 1. The SMILES string of the molecule is COc1cc(CCC(=O)N2CCCC2)ccc1Oc1nc(NCC(C)O)ncc1C(=O)Nc1c(C)cccc1C. The van der Waals surface area contributed by atoms with Crippen LogP contribution in [0.1, 0.15) is 53.2 Å². The Labute approximate surface area is 234 Å². The molecule has 1 aliphatic heterocycles. The third-order valence-electron chi connectivity index (χ3n) is 6.79. The van der Waals surface area contributed by atoms with Crippen LogP contribution in [0, 0.1) is 13.8 Å². The Hall–Kier alpha value is -4.18. The Morgan fingerprint density at radius 2 is 1.82 bits per heavy atom. The number of para-hydroxylation sites is 1. The highest BCUT2D eigenvalue weighted by atomic mass is 16.5. The third-order valence-corrected chi connectivity index (χ3v) is 6.79. The van der Waals surface area contributed by atoms with Gasteiger partial charge in [-0.15, -0.1) is 0 Å². The topological polar surface area (TPSA) is 126 Å². The van der Waals surface area contributed by atoms with Crippen molar-refractivity contribution in [3.63, 3.8) is 0 Å². The van der Waals surface area contributed by atoms with Crippen LogP contribution in [0.4, 0.5) is 11.6 Å². The van der Waals surface area contributed by atoms with Crippen molar-refractivity contribution in [3.8, 4) is 17.4 Å². The van der Waals surface area contributed by atoms with Crippen molar-refractivity contribution in [2.45, 2.75) is 52.6 Å². The van der Waals surface area contributed by atoms with Crippen molar-refractivity contribution in [2.24, 2.45) is 0 Å². The minimum absolute atomic E-state index is 0.0297. The molecule has 212 valence electrons. The van der Waals surface area contributed by atoms with E-state index in [4.69, 9.17) is 9.47 Å². The molecule has 2 amide bonds. The maximum Gasteiger partial charge on any atom is 0.262 e. The molecule has 1 aromatic heterocycles. The number of nitrogens with one attached hydrogen (secondary N) is 2. The maximum absolute atomic E-state index is 13.4. The molecular weight excluding hydrogens is 510 g/mol. The van der Waals surface area contributed by atoms with Crippen LogP contribution in [0.25, 0.3) is 0 Å². The molecule has 0 spiro atoms. The second-order valence-corrected chi connectivity index (χ2v) is 10.0. The lowest BCUT2D eigenvalue weighted by atomic mass is 10.1. The zero-order valence-electron chi connectivity index (χ0n) is 23.5. The number of hydrogen-bond donors (Lipinski definition) is 3. The Morgan fingerprint density at radius 1 is 1.10 bits per heavy atom. The average Bonchev–Trinajstić information content (AvgIpc) is 3.48. The normalized spacial score (nSPS) is 13.6. The van der Waals surface area contributed by atoms with Crippen LogP contribution in [0.15, 0.2) is 42.6 Å².